The molecule has 0 aliphatic rings. The van der Waals surface area contributed by atoms with E-state index in [9.17, 15) is 9.18 Å². The Morgan fingerprint density at radius 2 is 1.80 bits per heavy atom. The van der Waals surface area contributed by atoms with Crippen molar-refractivity contribution in [2.45, 2.75) is 26.7 Å². The van der Waals surface area contributed by atoms with Crippen molar-refractivity contribution in [1.82, 2.24) is 4.98 Å². The Hall–Kier alpha value is -2.75. The monoisotopic (exact) mass is 337 g/mol. The van der Waals surface area contributed by atoms with E-state index in [-0.39, 0.29) is 18.3 Å². The van der Waals surface area contributed by atoms with Gasteiger partial charge in [0.1, 0.15) is 5.82 Å². The fourth-order valence-electron chi connectivity index (χ4n) is 2.98. The third-order valence-corrected chi connectivity index (χ3v) is 4.08. The molecule has 0 aliphatic carbocycles. The van der Waals surface area contributed by atoms with Crippen molar-refractivity contribution in [1.29, 1.82) is 0 Å². The van der Waals surface area contributed by atoms with E-state index in [4.69, 9.17) is 9.72 Å². The van der Waals surface area contributed by atoms with Gasteiger partial charge in [-0.1, -0.05) is 44.2 Å². The highest BCUT2D eigenvalue weighted by Gasteiger charge is 2.24. The molecule has 1 heterocycles. The van der Waals surface area contributed by atoms with Crippen molar-refractivity contribution in [3.63, 3.8) is 0 Å². The van der Waals surface area contributed by atoms with Crippen LogP contribution in [0.15, 0.2) is 48.5 Å². The minimum atomic E-state index is -0.399. The van der Waals surface area contributed by atoms with Gasteiger partial charge in [0.2, 0.25) is 0 Å². The van der Waals surface area contributed by atoms with E-state index in [2.05, 4.69) is 0 Å². The summed E-state index contributed by atoms with van der Waals surface area (Å²) in [5, 5.41) is 0.849. The number of ether oxygens (including phenoxy) is 1. The van der Waals surface area contributed by atoms with E-state index in [1.54, 1.807) is 19.1 Å². The second-order valence-electron chi connectivity index (χ2n) is 6.15. The van der Waals surface area contributed by atoms with Crippen LogP contribution >= 0.6 is 0 Å². The highest BCUT2D eigenvalue weighted by Crippen LogP contribution is 2.36. The van der Waals surface area contributed by atoms with Crippen LogP contribution in [-0.2, 0) is 4.74 Å². The lowest BCUT2D eigenvalue weighted by atomic mass is 9.91. The second kappa shape index (κ2) is 7.01. The van der Waals surface area contributed by atoms with Gasteiger partial charge < -0.3 is 4.74 Å². The zero-order valence-electron chi connectivity index (χ0n) is 14.5. The molecule has 0 bridgehead atoms. The Morgan fingerprint density at radius 3 is 2.44 bits per heavy atom. The van der Waals surface area contributed by atoms with Crippen molar-refractivity contribution in [3.05, 3.63) is 65.6 Å². The first-order valence-corrected chi connectivity index (χ1v) is 8.38. The van der Waals surface area contributed by atoms with Crippen LogP contribution in [0.1, 0.15) is 42.7 Å². The molecule has 0 atom stereocenters. The molecule has 0 saturated heterocycles. The number of esters is 1. The normalized spacial score (nSPS) is 11.1. The van der Waals surface area contributed by atoms with Crippen molar-refractivity contribution in [2.75, 3.05) is 6.61 Å². The number of aromatic nitrogens is 1. The van der Waals surface area contributed by atoms with Crippen LogP contribution in [0.3, 0.4) is 0 Å². The topological polar surface area (TPSA) is 39.2 Å². The van der Waals surface area contributed by atoms with Gasteiger partial charge in [0, 0.05) is 10.9 Å². The van der Waals surface area contributed by atoms with Crippen LogP contribution < -0.4 is 0 Å². The van der Waals surface area contributed by atoms with Crippen LogP contribution in [0.5, 0.6) is 0 Å². The molecule has 128 valence electrons. The summed E-state index contributed by atoms with van der Waals surface area (Å²) in [6.07, 6.45) is 0. The number of fused-ring (bicyclic) bond motifs is 1. The third kappa shape index (κ3) is 3.25. The summed E-state index contributed by atoms with van der Waals surface area (Å²) in [6, 6.07) is 13.8. The van der Waals surface area contributed by atoms with Crippen molar-refractivity contribution < 1.29 is 13.9 Å². The molecular weight excluding hydrogens is 317 g/mol. The lowest BCUT2D eigenvalue weighted by Crippen LogP contribution is -2.13. The van der Waals surface area contributed by atoms with Gasteiger partial charge in [-0.2, -0.15) is 0 Å². The smallest absolute Gasteiger partial charge is 0.340 e. The lowest BCUT2D eigenvalue weighted by molar-refractivity contribution is 0.0525. The number of nitrogens with zero attached hydrogens (tertiary/aromatic N) is 1. The average molecular weight is 337 g/mol. The molecule has 0 spiro atoms. The first kappa shape index (κ1) is 17.1. The molecule has 0 amide bonds. The van der Waals surface area contributed by atoms with E-state index >= 15 is 0 Å². The molecule has 1 aromatic heterocycles. The van der Waals surface area contributed by atoms with Crippen LogP contribution in [-0.4, -0.2) is 17.6 Å². The first-order chi connectivity index (χ1) is 12.0. The van der Waals surface area contributed by atoms with E-state index < -0.39 is 5.97 Å². The van der Waals surface area contributed by atoms with Crippen molar-refractivity contribution in [3.8, 4) is 11.1 Å². The zero-order valence-corrected chi connectivity index (χ0v) is 14.5. The molecule has 0 radical (unpaired) electrons. The predicted octanol–water partition coefficient (Wildman–Crippen LogP) is 5.34. The van der Waals surface area contributed by atoms with E-state index in [1.807, 2.05) is 38.1 Å². The molecular formula is C21H20FNO2. The quantitative estimate of drug-likeness (QED) is 0.603. The van der Waals surface area contributed by atoms with Gasteiger partial charge in [0.05, 0.1) is 23.4 Å². The van der Waals surface area contributed by atoms with Gasteiger partial charge in [0.15, 0.2) is 0 Å². The molecule has 0 N–H and O–H groups in total. The highest BCUT2D eigenvalue weighted by atomic mass is 19.1. The number of para-hydroxylation sites is 1. The molecule has 3 nitrogen and oxygen atoms in total. The summed E-state index contributed by atoms with van der Waals surface area (Å²) in [7, 11) is 0. The van der Waals surface area contributed by atoms with Crippen molar-refractivity contribution in [2.24, 2.45) is 0 Å². The molecule has 0 unspecified atom stereocenters. The number of benzene rings is 2. The number of hydrogen-bond acceptors (Lipinski definition) is 3. The number of halogens is 1. The van der Waals surface area contributed by atoms with E-state index in [1.165, 1.54) is 12.1 Å². The molecule has 2 aromatic carbocycles. The fraction of sp³-hybridized carbons (Fsp3) is 0.238. The largest absolute Gasteiger partial charge is 0.462 e. The number of hydrogen-bond donors (Lipinski definition) is 0. The molecule has 0 aliphatic heterocycles. The maximum Gasteiger partial charge on any atom is 0.340 e. The molecule has 25 heavy (non-hydrogen) atoms. The number of carbonyl (C=O) groups excluding carboxylic acids is 1. The Balaban J connectivity index is 2.42. The summed E-state index contributed by atoms with van der Waals surface area (Å²) in [5.74, 6) is -0.670. The van der Waals surface area contributed by atoms with Crippen LogP contribution in [0.2, 0.25) is 0 Å². The molecule has 3 rings (SSSR count). The van der Waals surface area contributed by atoms with Gasteiger partial charge in [0.25, 0.3) is 0 Å². The fourth-order valence-corrected chi connectivity index (χ4v) is 2.98. The predicted molar refractivity (Wildman–Crippen MR) is 97.2 cm³/mol. The zero-order chi connectivity index (χ0) is 18.0. The van der Waals surface area contributed by atoms with Gasteiger partial charge in [-0.05, 0) is 36.6 Å². The Labute approximate surface area is 146 Å². The number of pyridine rings is 1. The highest BCUT2D eigenvalue weighted by molar-refractivity contribution is 6.08. The molecule has 0 saturated carbocycles. The standard InChI is InChI=1S/C21H20FNO2/c1-4-25-21(24)19-18(14-9-11-15(22)12-10-14)16-7-5-6-8-17(16)23-20(19)13(2)3/h5-13H,4H2,1-3H3. The van der Waals surface area contributed by atoms with Crippen LogP contribution in [0.4, 0.5) is 4.39 Å². The number of rotatable bonds is 4. The molecule has 4 heteroatoms. The third-order valence-electron chi connectivity index (χ3n) is 4.08. The average Bonchev–Trinajstić information content (AvgIpc) is 2.61. The minimum absolute atomic E-state index is 0.0446. The van der Waals surface area contributed by atoms with Crippen LogP contribution in [0.25, 0.3) is 22.0 Å². The summed E-state index contributed by atoms with van der Waals surface area (Å²) < 4.78 is 18.7. The number of carbonyl (C=O) groups is 1. The molecule has 0 fully saturated rings. The SMILES string of the molecule is CCOC(=O)c1c(C(C)C)nc2ccccc2c1-c1ccc(F)cc1. The lowest BCUT2D eigenvalue weighted by Gasteiger charge is -2.18. The summed E-state index contributed by atoms with van der Waals surface area (Å²) in [4.78, 5) is 17.4. The summed E-state index contributed by atoms with van der Waals surface area (Å²) in [5.41, 5.74) is 3.47. The minimum Gasteiger partial charge on any atom is -0.462 e. The summed E-state index contributed by atoms with van der Waals surface area (Å²) >= 11 is 0. The first-order valence-electron chi connectivity index (χ1n) is 8.38. The van der Waals surface area contributed by atoms with Gasteiger partial charge in [-0.3, -0.25) is 4.98 Å². The Morgan fingerprint density at radius 1 is 1.12 bits per heavy atom. The van der Waals surface area contributed by atoms with Crippen LogP contribution in [0, 0.1) is 5.82 Å². The second-order valence-corrected chi connectivity index (χ2v) is 6.15. The molecule has 3 aromatic rings. The van der Waals surface area contributed by atoms with E-state index in [0.717, 1.165) is 22.0 Å². The van der Waals surface area contributed by atoms with Gasteiger partial charge in [-0.25, -0.2) is 9.18 Å². The van der Waals surface area contributed by atoms with Crippen molar-refractivity contribution >= 4 is 16.9 Å². The maximum absolute atomic E-state index is 13.4. The Kier molecular flexibility index (Phi) is 4.79. The Bertz CT molecular complexity index is 917. The summed E-state index contributed by atoms with van der Waals surface area (Å²) in [6.45, 7) is 6.05. The van der Waals surface area contributed by atoms with E-state index in [0.29, 0.717) is 11.3 Å². The maximum atomic E-state index is 13.4. The van der Waals surface area contributed by atoms with Gasteiger partial charge >= 0.3 is 5.97 Å². The van der Waals surface area contributed by atoms with Gasteiger partial charge in [-0.15, -0.1) is 0 Å².